The first kappa shape index (κ1) is 27.1. The van der Waals surface area contributed by atoms with E-state index in [1.54, 1.807) is 18.2 Å². The van der Waals surface area contributed by atoms with Crippen molar-refractivity contribution in [2.45, 2.75) is 6.18 Å². The number of rotatable bonds is 7. The monoisotopic (exact) mass is 562 g/mol. The number of anilines is 2. The lowest BCUT2D eigenvalue weighted by molar-refractivity contribution is -0.137. The number of nitrogens with zero attached hydrogens (tertiary/aromatic N) is 1. The Morgan fingerprint density at radius 1 is 1.08 bits per heavy atom. The van der Waals surface area contributed by atoms with Crippen LogP contribution in [0.2, 0.25) is 0 Å². The summed E-state index contributed by atoms with van der Waals surface area (Å²) in [6.07, 6.45) is -3.03. The fraction of sp³-hybridized carbons (Fsp3) is 0.115. The Bertz CT molecular complexity index is 1430. The van der Waals surface area contributed by atoms with Gasteiger partial charge in [-0.05, 0) is 66.2 Å². The number of carbonyl (C=O) groups is 2. The van der Waals surface area contributed by atoms with Crippen molar-refractivity contribution < 1.29 is 36.6 Å². The van der Waals surface area contributed by atoms with E-state index >= 15 is 0 Å². The van der Waals surface area contributed by atoms with Gasteiger partial charge < -0.3 is 14.8 Å². The molecule has 3 aromatic carbocycles. The molecule has 1 N–H and O–H groups in total. The molecule has 3 aromatic rings. The van der Waals surface area contributed by atoms with Gasteiger partial charge in [-0.15, -0.1) is 0 Å². The van der Waals surface area contributed by atoms with E-state index in [2.05, 4.69) is 5.32 Å². The normalized spacial score (nSPS) is 14.7. The van der Waals surface area contributed by atoms with E-state index in [1.165, 1.54) is 49.6 Å². The second kappa shape index (κ2) is 11.2. The highest BCUT2D eigenvalue weighted by atomic mass is 32.2. The quantitative estimate of drug-likeness (QED) is 0.208. The molecule has 0 aromatic heterocycles. The number of amides is 2. The summed E-state index contributed by atoms with van der Waals surface area (Å²) in [6, 6.07) is 14.4. The van der Waals surface area contributed by atoms with Gasteiger partial charge in [-0.25, -0.2) is 4.39 Å². The number of thioether (sulfide) groups is 1. The number of thiocarbonyl (C=S) groups is 1. The Morgan fingerprint density at radius 3 is 2.50 bits per heavy atom. The number of halogens is 4. The molecule has 0 spiro atoms. The van der Waals surface area contributed by atoms with E-state index in [1.807, 2.05) is 0 Å². The lowest BCUT2D eigenvalue weighted by Crippen LogP contribution is -2.27. The summed E-state index contributed by atoms with van der Waals surface area (Å²) < 4.78 is 63.3. The standard InChI is InChI=1S/C26H18F4N2O4S2/c1-35-21-11-15(5-10-20(21)36-14-23(33)31-18-8-6-17(27)7-9-18)12-22-24(34)32(25(37)38-22)19-4-2-3-16(13-19)26(28,29)30/h2-13H,14H2,1H3,(H,31,33)/b22-12-. The number of carbonyl (C=O) groups excluding carboxylic acids is 2. The van der Waals surface area contributed by atoms with Gasteiger partial charge >= 0.3 is 6.18 Å². The molecule has 1 aliphatic heterocycles. The maximum atomic E-state index is 13.1. The fourth-order valence-electron chi connectivity index (χ4n) is 3.43. The molecule has 2 amide bonds. The average molecular weight is 563 g/mol. The Kier molecular flexibility index (Phi) is 8.02. The number of alkyl halides is 3. The van der Waals surface area contributed by atoms with Gasteiger partial charge in [-0.3, -0.25) is 14.5 Å². The number of methoxy groups -OCH3 is 1. The van der Waals surface area contributed by atoms with Crippen molar-refractivity contribution in [3.8, 4) is 11.5 Å². The highest BCUT2D eigenvalue weighted by Gasteiger charge is 2.36. The molecule has 4 rings (SSSR count). The molecular weight excluding hydrogens is 544 g/mol. The summed E-state index contributed by atoms with van der Waals surface area (Å²) in [7, 11) is 1.40. The lowest BCUT2D eigenvalue weighted by Gasteiger charge is -2.16. The van der Waals surface area contributed by atoms with Crippen LogP contribution in [0.4, 0.5) is 28.9 Å². The van der Waals surface area contributed by atoms with E-state index in [0.717, 1.165) is 28.8 Å². The third-order valence-corrected chi connectivity index (χ3v) is 6.50. The van der Waals surface area contributed by atoms with Gasteiger partial charge in [0.15, 0.2) is 22.4 Å². The minimum atomic E-state index is -4.56. The van der Waals surface area contributed by atoms with Gasteiger partial charge in [0.25, 0.3) is 11.8 Å². The van der Waals surface area contributed by atoms with Gasteiger partial charge in [0.05, 0.1) is 23.3 Å². The van der Waals surface area contributed by atoms with Crippen LogP contribution in [-0.2, 0) is 15.8 Å². The molecule has 0 unspecified atom stereocenters. The number of ether oxygens (including phenoxy) is 2. The first-order valence-corrected chi connectivity index (χ1v) is 12.1. The van der Waals surface area contributed by atoms with Crippen LogP contribution in [0, 0.1) is 5.82 Å². The predicted octanol–water partition coefficient (Wildman–Crippen LogP) is 6.28. The molecular formula is C26H18F4N2O4S2. The zero-order valence-electron chi connectivity index (χ0n) is 19.5. The van der Waals surface area contributed by atoms with Gasteiger partial charge in [0, 0.05) is 5.69 Å². The molecule has 0 bridgehead atoms. The number of nitrogens with one attached hydrogen (secondary N) is 1. The minimum absolute atomic E-state index is 0.0194. The van der Waals surface area contributed by atoms with Crippen molar-refractivity contribution in [3.63, 3.8) is 0 Å². The Morgan fingerprint density at radius 2 is 1.82 bits per heavy atom. The molecule has 1 saturated heterocycles. The summed E-state index contributed by atoms with van der Waals surface area (Å²) in [4.78, 5) is 26.4. The molecule has 1 aliphatic rings. The van der Waals surface area contributed by atoms with Crippen LogP contribution < -0.4 is 19.7 Å². The first-order valence-electron chi connectivity index (χ1n) is 10.9. The second-order valence-electron chi connectivity index (χ2n) is 7.82. The van der Waals surface area contributed by atoms with E-state index in [0.29, 0.717) is 11.3 Å². The zero-order valence-corrected chi connectivity index (χ0v) is 21.2. The Labute approximate surface area is 224 Å². The summed E-state index contributed by atoms with van der Waals surface area (Å²) in [6.45, 7) is -0.345. The smallest absolute Gasteiger partial charge is 0.416 e. The molecule has 196 valence electrons. The topological polar surface area (TPSA) is 67.9 Å². The Hall–Kier alpha value is -3.90. The van der Waals surface area contributed by atoms with E-state index in [-0.39, 0.29) is 33.0 Å². The zero-order chi connectivity index (χ0) is 27.4. The van der Waals surface area contributed by atoms with Gasteiger partial charge in [-0.2, -0.15) is 13.2 Å². The minimum Gasteiger partial charge on any atom is -0.493 e. The SMILES string of the molecule is COc1cc(/C=C2\SC(=S)N(c3cccc(C(F)(F)F)c3)C2=O)ccc1OCC(=O)Nc1ccc(F)cc1. The third-order valence-electron chi connectivity index (χ3n) is 5.20. The third kappa shape index (κ3) is 6.32. The van der Waals surface area contributed by atoms with E-state index in [4.69, 9.17) is 21.7 Å². The lowest BCUT2D eigenvalue weighted by atomic mass is 10.1. The van der Waals surface area contributed by atoms with Crippen LogP contribution in [-0.4, -0.2) is 29.9 Å². The molecule has 12 heteroatoms. The number of hydrogen-bond donors (Lipinski definition) is 1. The fourth-order valence-corrected chi connectivity index (χ4v) is 4.73. The number of hydrogen-bond acceptors (Lipinski definition) is 6. The predicted molar refractivity (Wildman–Crippen MR) is 141 cm³/mol. The average Bonchev–Trinajstić information content (AvgIpc) is 3.16. The summed E-state index contributed by atoms with van der Waals surface area (Å²) in [5.41, 5.74) is 0.0740. The van der Waals surface area contributed by atoms with Crippen molar-refractivity contribution in [1.29, 1.82) is 0 Å². The van der Waals surface area contributed by atoms with Crippen LogP contribution in [0.1, 0.15) is 11.1 Å². The van der Waals surface area contributed by atoms with Gasteiger partial charge in [-0.1, -0.05) is 36.1 Å². The molecule has 0 radical (unpaired) electrons. The highest BCUT2D eigenvalue weighted by Crippen LogP contribution is 2.39. The maximum Gasteiger partial charge on any atom is 0.416 e. The van der Waals surface area contributed by atoms with Crippen molar-refractivity contribution in [2.24, 2.45) is 0 Å². The van der Waals surface area contributed by atoms with Gasteiger partial charge in [0.2, 0.25) is 0 Å². The van der Waals surface area contributed by atoms with Crippen LogP contribution >= 0.6 is 24.0 Å². The Balaban J connectivity index is 1.47. The van der Waals surface area contributed by atoms with Crippen LogP contribution in [0.5, 0.6) is 11.5 Å². The summed E-state index contributed by atoms with van der Waals surface area (Å²) in [5.74, 6) is -0.920. The molecule has 0 atom stereocenters. The molecule has 6 nitrogen and oxygen atoms in total. The van der Waals surface area contributed by atoms with Crippen molar-refractivity contribution in [2.75, 3.05) is 23.9 Å². The molecule has 1 heterocycles. The van der Waals surface area contributed by atoms with E-state index < -0.39 is 29.4 Å². The summed E-state index contributed by atoms with van der Waals surface area (Å²) >= 11 is 6.21. The van der Waals surface area contributed by atoms with Gasteiger partial charge in [0.1, 0.15) is 5.82 Å². The maximum absolute atomic E-state index is 13.1. The van der Waals surface area contributed by atoms with Crippen molar-refractivity contribution in [1.82, 2.24) is 0 Å². The first-order chi connectivity index (χ1) is 18.0. The molecule has 0 saturated carbocycles. The second-order valence-corrected chi connectivity index (χ2v) is 9.50. The van der Waals surface area contributed by atoms with Crippen molar-refractivity contribution in [3.05, 3.63) is 88.6 Å². The number of benzene rings is 3. The molecule has 0 aliphatic carbocycles. The van der Waals surface area contributed by atoms with Crippen LogP contribution in [0.25, 0.3) is 6.08 Å². The molecule has 1 fully saturated rings. The van der Waals surface area contributed by atoms with Crippen molar-refractivity contribution >= 4 is 57.6 Å². The molecule has 38 heavy (non-hydrogen) atoms. The van der Waals surface area contributed by atoms with Crippen LogP contribution in [0.15, 0.2) is 71.6 Å². The largest absolute Gasteiger partial charge is 0.493 e. The van der Waals surface area contributed by atoms with E-state index in [9.17, 15) is 27.2 Å². The van der Waals surface area contributed by atoms with Crippen LogP contribution in [0.3, 0.4) is 0 Å². The highest BCUT2D eigenvalue weighted by molar-refractivity contribution is 8.27. The summed E-state index contributed by atoms with van der Waals surface area (Å²) in [5, 5.41) is 2.57.